The maximum Gasteiger partial charge on any atom is -0.0326 e. The predicted molar refractivity (Wildman–Crippen MR) is 101 cm³/mol. The van der Waals surface area contributed by atoms with E-state index in [1.807, 2.05) is 0 Å². The maximum absolute atomic E-state index is 2.32. The molecule has 0 unspecified atom stereocenters. The first kappa shape index (κ1) is 23.0. The number of unbranched alkanes of at least 4 members (excludes halogenated alkanes) is 9. The van der Waals surface area contributed by atoms with Crippen molar-refractivity contribution in [1.29, 1.82) is 0 Å². The molecule has 0 heterocycles. The minimum atomic E-state index is 0. The summed E-state index contributed by atoms with van der Waals surface area (Å²) in [6.07, 6.45) is 22.2. The molecule has 0 fully saturated rings. The highest BCUT2D eigenvalue weighted by molar-refractivity contribution is 7.57. The molecule has 0 N–H and O–H groups in total. The van der Waals surface area contributed by atoms with Crippen LogP contribution in [-0.2, 0) is 0 Å². The van der Waals surface area contributed by atoms with Gasteiger partial charge in [-0.3, -0.25) is 0 Å². The van der Waals surface area contributed by atoms with E-state index in [1.165, 1.54) is 77.0 Å². The van der Waals surface area contributed by atoms with Gasteiger partial charge in [-0.1, -0.05) is 78.6 Å². The summed E-state index contributed by atoms with van der Waals surface area (Å²) in [5, 5.41) is 0. The predicted octanol–water partition coefficient (Wildman–Crippen LogP) is 7.63. The van der Waals surface area contributed by atoms with E-state index < -0.39 is 0 Å². The Morgan fingerprint density at radius 1 is 0.450 bits per heavy atom. The van der Waals surface area contributed by atoms with E-state index in [9.17, 15) is 0 Å². The number of rotatable bonds is 15. The first-order valence-corrected chi connectivity index (χ1v) is 11.0. The van der Waals surface area contributed by atoms with Crippen molar-refractivity contribution in [3.63, 3.8) is 0 Å². The molecule has 0 aliphatic carbocycles. The van der Waals surface area contributed by atoms with E-state index in [4.69, 9.17) is 0 Å². The summed E-state index contributed by atoms with van der Waals surface area (Å²) in [6.45, 7) is 6.95. The molecule has 124 valence electrons. The Balaban J connectivity index is 0. The van der Waals surface area contributed by atoms with Gasteiger partial charge >= 0.3 is 0 Å². The molecule has 0 spiro atoms. The molecular formula is C18H40ClP. The fourth-order valence-electron chi connectivity index (χ4n) is 2.62. The Labute approximate surface area is 137 Å². The van der Waals surface area contributed by atoms with Gasteiger partial charge in [0.05, 0.1) is 0 Å². The quantitative estimate of drug-likeness (QED) is 0.215. The zero-order valence-electron chi connectivity index (χ0n) is 14.5. The van der Waals surface area contributed by atoms with E-state index >= 15 is 0 Å². The van der Waals surface area contributed by atoms with Gasteiger partial charge in [-0.05, 0) is 37.7 Å². The second-order valence-electron chi connectivity index (χ2n) is 6.02. The van der Waals surface area contributed by atoms with Crippen LogP contribution in [0.25, 0.3) is 0 Å². The Hall–Kier alpha value is 0.720. The van der Waals surface area contributed by atoms with Crippen molar-refractivity contribution in [3.8, 4) is 0 Å². The summed E-state index contributed by atoms with van der Waals surface area (Å²) < 4.78 is 0. The summed E-state index contributed by atoms with van der Waals surface area (Å²) in [5.41, 5.74) is 0. The minimum absolute atomic E-state index is 0. The molecule has 0 amide bonds. The van der Waals surface area contributed by atoms with Crippen LogP contribution in [0.15, 0.2) is 0 Å². The molecule has 0 saturated heterocycles. The van der Waals surface area contributed by atoms with E-state index in [0.717, 1.165) is 0 Å². The Morgan fingerprint density at radius 2 is 0.750 bits per heavy atom. The van der Waals surface area contributed by atoms with Crippen molar-refractivity contribution < 1.29 is 0 Å². The van der Waals surface area contributed by atoms with Crippen LogP contribution in [-0.4, -0.2) is 18.5 Å². The van der Waals surface area contributed by atoms with Crippen LogP contribution in [0.4, 0.5) is 0 Å². The van der Waals surface area contributed by atoms with Crippen LogP contribution in [0.1, 0.15) is 97.8 Å². The van der Waals surface area contributed by atoms with Crippen LogP contribution in [0, 0.1) is 0 Å². The van der Waals surface area contributed by atoms with Gasteiger partial charge in [-0.25, -0.2) is 0 Å². The molecule has 0 aromatic carbocycles. The standard InChI is InChI=1S/C18H39P.ClH/c1-4-7-10-13-16-19(17-14-11-8-5-2)18-15-12-9-6-3;/h4-18H2,1-3H3;1H. The summed E-state index contributed by atoms with van der Waals surface area (Å²) >= 11 is 0. The monoisotopic (exact) mass is 322 g/mol. The molecular weight excluding hydrogens is 283 g/mol. The lowest BCUT2D eigenvalue weighted by atomic mass is 10.2. The van der Waals surface area contributed by atoms with Crippen LogP contribution in [0.2, 0.25) is 0 Å². The molecule has 0 aromatic rings. The third-order valence-electron chi connectivity index (χ3n) is 3.98. The fourth-order valence-corrected chi connectivity index (χ4v) is 5.31. The number of hydrogen-bond acceptors (Lipinski definition) is 0. The Bertz CT molecular complexity index is 133. The van der Waals surface area contributed by atoms with Crippen molar-refractivity contribution in [2.75, 3.05) is 18.5 Å². The molecule has 0 aliphatic heterocycles. The van der Waals surface area contributed by atoms with E-state index in [1.54, 1.807) is 18.5 Å². The van der Waals surface area contributed by atoms with E-state index in [0.29, 0.717) is 7.92 Å². The zero-order valence-corrected chi connectivity index (χ0v) is 16.2. The number of hydrogen-bond donors (Lipinski definition) is 0. The molecule has 0 radical (unpaired) electrons. The molecule has 0 atom stereocenters. The highest BCUT2D eigenvalue weighted by Gasteiger charge is 2.07. The highest BCUT2D eigenvalue weighted by atomic mass is 35.5. The topological polar surface area (TPSA) is 0 Å². The van der Waals surface area contributed by atoms with Gasteiger partial charge in [0.25, 0.3) is 0 Å². The molecule has 0 aromatic heterocycles. The lowest BCUT2D eigenvalue weighted by Crippen LogP contribution is -1.97. The molecule has 0 nitrogen and oxygen atoms in total. The largest absolute Gasteiger partial charge is 0.147 e. The highest BCUT2D eigenvalue weighted by Crippen LogP contribution is 2.39. The van der Waals surface area contributed by atoms with Crippen molar-refractivity contribution in [1.82, 2.24) is 0 Å². The SMILES string of the molecule is CCCCCCP(CCCCCC)CCCCCC.Cl. The summed E-state index contributed by atoms with van der Waals surface area (Å²) in [7, 11) is 0.389. The lowest BCUT2D eigenvalue weighted by Gasteiger charge is -2.17. The van der Waals surface area contributed by atoms with Crippen LogP contribution >= 0.6 is 20.3 Å². The van der Waals surface area contributed by atoms with Gasteiger partial charge in [-0.2, -0.15) is 0 Å². The smallest absolute Gasteiger partial charge is 0.0326 e. The normalized spacial score (nSPS) is 10.8. The van der Waals surface area contributed by atoms with Gasteiger partial charge in [0.15, 0.2) is 0 Å². The van der Waals surface area contributed by atoms with Gasteiger partial charge in [-0.15, -0.1) is 20.3 Å². The minimum Gasteiger partial charge on any atom is -0.147 e. The van der Waals surface area contributed by atoms with E-state index in [-0.39, 0.29) is 12.4 Å². The van der Waals surface area contributed by atoms with Gasteiger partial charge in [0, 0.05) is 0 Å². The van der Waals surface area contributed by atoms with Gasteiger partial charge in [0.2, 0.25) is 0 Å². The van der Waals surface area contributed by atoms with Crippen LogP contribution in [0.3, 0.4) is 0 Å². The molecule has 0 rings (SSSR count). The molecule has 0 bridgehead atoms. The third kappa shape index (κ3) is 16.8. The Morgan fingerprint density at radius 3 is 1.00 bits per heavy atom. The lowest BCUT2D eigenvalue weighted by molar-refractivity contribution is 0.687. The molecule has 20 heavy (non-hydrogen) atoms. The van der Waals surface area contributed by atoms with Crippen molar-refractivity contribution in [3.05, 3.63) is 0 Å². The van der Waals surface area contributed by atoms with Crippen molar-refractivity contribution in [2.24, 2.45) is 0 Å². The summed E-state index contributed by atoms with van der Waals surface area (Å²) in [4.78, 5) is 0. The van der Waals surface area contributed by atoms with Crippen molar-refractivity contribution in [2.45, 2.75) is 97.8 Å². The van der Waals surface area contributed by atoms with E-state index in [2.05, 4.69) is 20.8 Å². The zero-order chi connectivity index (χ0) is 14.2. The van der Waals surface area contributed by atoms with Crippen molar-refractivity contribution >= 4 is 20.3 Å². The average molecular weight is 323 g/mol. The van der Waals surface area contributed by atoms with Crippen LogP contribution in [0.5, 0.6) is 0 Å². The first-order valence-electron chi connectivity index (χ1n) is 9.07. The summed E-state index contributed by atoms with van der Waals surface area (Å²) in [6, 6.07) is 0. The second kappa shape index (κ2) is 19.7. The number of halogens is 1. The Kier molecular flexibility index (Phi) is 22.7. The third-order valence-corrected chi connectivity index (χ3v) is 6.83. The van der Waals surface area contributed by atoms with Gasteiger partial charge in [0.1, 0.15) is 0 Å². The average Bonchev–Trinajstić information content (AvgIpc) is 2.43. The first-order chi connectivity index (χ1) is 9.35. The second-order valence-corrected chi connectivity index (χ2v) is 8.71. The molecule has 2 heteroatoms. The maximum atomic E-state index is 2.32. The molecule has 0 saturated carbocycles. The summed E-state index contributed by atoms with van der Waals surface area (Å²) in [5.74, 6) is 0. The fraction of sp³-hybridized carbons (Fsp3) is 1.00. The molecule has 0 aliphatic rings. The van der Waals surface area contributed by atoms with Gasteiger partial charge < -0.3 is 0 Å². The van der Waals surface area contributed by atoms with Crippen LogP contribution < -0.4 is 0 Å².